The summed E-state index contributed by atoms with van der Waals surface area (Å²) in [5.74, 6) is -0.287. The van der Waals surface area contributed by atoms with Gasteiger partial charge in [0.15, 0.2) is 5.65 Å². The number of rotatable bonds is 4. The predicted octanol–water partition coefficient (Wildman–Crippen LogP) is 4.74. The van der Waals surface area contributed by atoms with Crippen molar-refractivity contribution in [2.45, 2.75) is 40.2 Å². The third-order valence-corrected chi connectivity index (χ3v) is 7.01. The molecule has 1 aliphatic rings. The molecule has 4 aromatic rings. The molecule has 0 spiro atoms. The molecular weight excluding hydrogens is 441 g/mol. The molecule has 1 amide bonds. The van der Waals surface area contributed by atoms with Gasteiger partial charge in [-0.2, -0.15) is 5.10 Å². The Hall–Kier alpha value is -3.74. The number of piperazine rings is 1. The topological polar surface area (TPSA) is 53.7 Å². The Kier molecular flexibility index (Phi) is 6.01. The molecule has 1 atom stereocenters. The molecule has 7 heteroatoms. The molecule has 5 rings (SSSR count). The lowest BCUT2D eigenvalue weighted by molar-refractivity contribution is 0.0728. The van der Waals surface area contributed by atoms with E-state index >= 15 is 0 Å². The van der Waals surface area contributed by atoms with Crippen LogP contribution in [0.15, 0.2) is 54.7 Å². The maximum absolute atomic E-state index is 14.3. The molecular formula is C28H30FN5O. The van der Waals surface area contributed by atoms with Crippen LogP contribution in [0.25, 0.3) is 5.65 Å². The Bertz CT molecular complexity index is 1410. The highest BCUT2D eigenvalue weighted by Gasteiger charge is 2.30. The number of fused-ring (bicyclic) bond motifs is 1. The lowest BCUT2D eigenvalue weighted by Gasteiger charge is -2.41. The summed E-state index contributed by atoms with van der Waals surface area (Å²) >= 11 is 0. The van der Waals surface area contributed by atoms with Crippen LogP contribution in [0, 0.1) is 26.6 Å². The standard InChI is InChI=1S/C28H30FN5O/c1-18-8-7-10-23(14-18)33-13-12-32(17-19(33)2)28(35)25-16-30-34-21(4)24(20(3)31-27(25)34)15-22-9-5-6-11-26(22)29/h5-11,14,16,19H,12-13,15,17H2,1-4H3. The number of nitrogens with zero attached hydrogens (tertiary/aromatic N) is 5. The van der Waals surface area contributed by atoms with Crippen LogP contribution in [0.2, 0.25) is 0 Å². The Labute approximate surface area is 205 Å². The van der Waals surface area contributed by atoms with E-state index in [1.807, 2.05) is 24.8 Å². The molecule has 0 aliphatic carbocycles. The van der Waals surface area contributed by atoms with Gasteiger partial charge < -0.3 is 9.80 Å². The van der Waals surface area contributed by atoms with Crippen LogP contribution in [0.3, 0.4) is 0 Å². The minimum Gasteiger partial charge on any atom is -0.365 e. The zero-order valence-corrected chi connectivity index (χ0v) is 20.6. The second-order valence-corrected chi connectivity index (χ2v) is 9.46. The molecule has 1 unspecified atom stereocenters. The molecule has 0 bridgehead atoms. The average Bonchev–Trinajstić information content (AvgIpc) is 3.26. The van der Waals surface area contributed by atoms with Gasteiger partial charge >= 0.3 is 0 Å². The van der Waals surface area contributed by atoms with Crippen molar-refractivity contribution in [1.29, 1.82) is 0 Å². The summed E-state index contributed by atoms with van der Waals surface area (Å²) < 4.78 is 16.0. The minimum atomic E-state index is -0.235. The Morgan fingerprint density at radius 1 is 1.09 bits per heavy atom. The number of anilines is 1. The van der Waals surface area contributed by atoms with Gasteiger partial charge in [-0.25, -0.2) is 13.9 Å². The van der Waals surface area contributed by atoms with Gasteiger partial charge in [0.2, 0.25) is 0 Å². The third kappa shape index (κ3) is 4.27. The van der Waals surface area contributed by atoms with Crippen LogP contribution >= 0.6 is 0 Å². The van der Waals surface area contributed by atoms with Gasteiger partial charge in [-0.15, -0.1) is 0 Å². The van der Waals surface area contributed by atoms with E-state index in [4.69, 9.17) is 4.98 Å². The molecule has 6 nitrogen and oxygen atoms in total. The summed E-state index contributed by atoms with van der Waals surface area (Å²) in [7, 11) is 0. The second-order valence-electron chi connectivity index (χ2n) is 9.46. The first-order valence-corrected chi connectivity index (χ1v) is 12.0. The van der Waals surface area contributed by atoms with Crippen molar-refractivity contribution in [3.63, 3.8) is 0 Å². The maximum atomic E-state index is 14.3. The van der Waals surface area contributed by atoms with Crippen LogP contribution in [0.5, 0.6) is 0 Å². The molecule has 0 radical (unpaired) electrons. The summed E-state index contributed by atoms with van der Waals surface area (Å²) in [6.45, 7) is 10.1. The summed E-state index contributed by atoms with van der Waals surface area (Å²) in [6.07, 6.45) is 2.04. The molecule has 1 aliphatic heterocycles. The zero-order chi connectivity index (χ0) is 24.7. The number of hydrogen-bond acceptors (Lipinski definition) is 4. The van der Waals surface area contributed by atoms with E-state index in [0.29, 0.717) is 36.3 Å². The van der Waals surface area contributed by atoms with E-state index in [1.54, 1.807) is 22.8 Å². The van der Waals surface area contributed by atoms with Crippen LogP contribution < -0.4 is 4.90 Å². The van der Waals surface area contributed by atoms with E-state index in [-0.39, 0.29) is 17.8 Å². The fourth-order valence-electron chi connectivity index (χ4n) is 5.05. The van der Waals surface area contributed by atoms with E-state index in [0.717, 1.165) is 23.5 Å². The van der Waals surface area contributed by atoms with E-state index < -0.39 is 0 Å². The second kappa shape index (κ2) is 9.13. The molecule has 35 heavy (non-hydrogen) atoms. The van der Waals surface area contributed by atoms with E-state index in [9.17, 15) is 9.18 Å². The Morgan fingerprint density at radius 2 is 1.89 bits per heavy atom. The lowest BCUT2D eigenvalue weighted by atomic mass is 10.0. The predicted molar refractivity (Wildman–Crippen MR) is 136 cm³/mol. The molecule has 2 aromatic carbocycles. The quantitative estimate of drug-likeness (QED) is 0.432. The fraction of sp³-hybridized carbons (Fsp3) is 0.321. The van der Waals surface area contributed by atoms with Crippen molar-refractivity contribution in [3.8, 4) is 0 Å². The van der Waals surface area contributed by atoms with Crippen molar-refractivity contribution < 1.29 is 9.18 Å². The monoisotopic (exact) mass is 471 g/mol. The number of aryl methyl sites for hydroxylation is 3. The average molecular weight is 472 g/mol. The zero-order valence-electron chi connectivity index (χ0n) is 20.6. The summed E-state index contributed by atoms with van der Waals surface area (Å²) in [6, 6.07) is 15.5. The smallest absolute Gasteiger partial charge is 0.259 e. The Balaban J connectivity index is 1.39. The first-order valence-electron chi connectivity index (χ1n) is 12.0. The summed E-state index contributed by atoms with van der Waals surface area (Å²) in [4.78, 5) is 22.5. The number of hydrogen-bond donors (Lipinski definition) is 0. The largest absolute Gasteiger partial charge is 0.365 e. The SMILES string of the molecule is Cc1cccc(N2CCN(C(=O)c3cnn4c(C)c(Cc5ccccc5F)c(C)nc34)CC2C)c1. The number of aromatic nitrogens is 3. The third-order valence-electron chi connectivity index (χ3n) is 7.01. The normalized spacial score (nSPS) is 16.2. The highest BCUT2D eigenvalue weighted by molar-refractivity contribution is 6.00. The maximum Gasteiger partial charge on any atom is 0.259 e. The van der Waals surface area contributed by atoms with Gasteiger partial charge in [0.05, 0.1) is 6.20 Å². The number of halogens is 1. The summed E-state index contributed by atoms with van der Waals surface area (Å²) in [5.41, 5.74) is 6.66. The van der Waals surface area contributed by atoms with E-state index in [2.05, 4.69) is 48.1 Å². The number of carbonyl (C=O) groups is 1. The highest BCUT2D eigenvalue weighted by atomic mass is 19.1. The molecule has 1 fully saturated rings. The van der Waals surface area contributed by atoms with Crippen LogP contribution in [-0.2, 0) is 6.42 Å². The molecule has 180 valence electrons. The van der Waals surface area contributed by atoms with Crippen molar-refractivity contribution in [3.05, 3.63) is 94.2 Å². The van der Waals surface area contributed by atoms with Gasteiger partial charge in [-0.3, -0.25) is 4.79 Å². The number of carbonyl (C=O) groups excluding carboxylic acids is 1. The molecule has 0 N–H and O–H groups in total. The molecule has 0 saturated carbocycles. The molecule has 3 heterocycles. The lowest BCUT2D eigenvalue weighted by Crippen LogP contribution is -2.53. The molecule has 1 saturated heterocycles. The van der Waals surface area contributed by atoms with Crippen molar-refractivity contribution >= 4 is 17.2 Å². The van der Waals surface area contributed by atoms with Gasteiger partial charge in [0.25, 0.3) is 5.91 Å². The van der Waals surface area contributed by atoms with Crippen molar-refractivity contribution in [1.82, 2.24) is 19.5 Å². The number of benzene rings is 2. The van der Waals surface area contributed by atoms with Gasteiger partial charge in [-0.1, -0.05) is 30.3 Å². The first-order chi connectivity index (χ1) is 16.8. The molecule has 2 aromatic heterocycles. The van der Waals surface area contributed by atoms with E-state index in [1.165, 1.54) is 17.3 Å². The highest BCUT2D eigenvalue weighted by Crippen LogP contribution is 2.25. The number of amides is 1. The van der Waals surface area contributed by atoms with Gasteiger partial charge in [0, 0.05) is 49.2 Å². The van der Waals surface area contributed by atoms with Crippen LogP contribution in [0.1, 0.15) is 45.4 Å². The van der Waals surface area contributed by atoms with Crippen molar-refractivity contribution in [2.24, 2.45) is 0 Å². The first kappa shape index (κ1) is 23.0. The fourth-order valence-corrected chi connectivity index (χ4v) is 5.05. The van der Waals surface area contributed by atoms with Gasteiger partial charge in [-0.05, 0) is 62.6 Å². The van der Waals surface area contributed by atoms with Crippen LogP contribution in [-0.4, -0.2) is 51.1 Å². The van der Waals surface area contributed by atoms with Crippen LogP contribution in [0.4, 0.5) is 10.1 Å². The summed E-state index contributed by atoms with van der Waals surface area (Å²) in [5, 5.41) is 4.49. The Morgan fingerprint density at radius 3 is 2.63 bits per heavy atom. The van der Waals surface area contributed by atoms with Gasteiger partial charge in [0.1, 0.15) is 11.4 Å². The van der Waals surface area contributed by atoms with Crippen molar-refractivity contribution in [2.75, 3.05) is 24.5 Å². The minimum absolute atomic E-state index is 0.0519.